The molecule has 6 aromatic rings. The molecule has 0 aliphatic heterocycles. The van der Waals surface area contributed by atoms with Crippen LogP contribution in [-0.4, -0.2) is 24.9 Å². The summed E-state index contributed by atoms with van der Waals surface area (Å²) in [6, 6.07) is 12.9. The molecule has 4 aliphatic carbocycles. The molecule has 1 spiro atoms. The minimum atomic E-state index is 0.257. The van der Waals surface area contributed by atoms with Gasteiger partial charge in [0.2, 0.25) is 0 Å². The largest absolute Gasteiger partial charge is 0.357 e. The fraction of sp³-hybridized carbons (Fsp3) is 0.382. The van der Waals surface area contributed by atoms with E-state index in [1.54, 1.807) is 0 Å². The Kier molecular flexibility index (Phi) is 3.63. The van der Waals surface area contributed by atoms with Crippen molar-refractivity contribution in [2.24, 2.45) is 23.2 Å². The summed E-state index contributed by atoms with van der Waals surface area (Å²) < 4.78 is 0. The van der Waals surface area contributed by atoms with Crippen LogP contribution < -0.4 is 0 Å². The van der Waals surface area contributed by atoms with Crippen molar-refractivity contribution in [3.05, 3.63) is 65.6 Å². The lowest BCUT2D eigenvalue weighted by molar-refractivity contribution is -0.0375. The van der Waals surface area contributed by atoms with Crippen molar-refractivity contribution in [2.45, 2.75) is 57.8 Å². The molecule has 0 radical (unpaired) electrons. The smallest absolute Gasteiger partial charge is 0.141 e. The van der Waals surface area contributed by atoms with E-state index in [-0.39, 0.29) is 5.41 Å². The maximum absolute atomic E-state index is 5.44. The van der Waals surface area contributed by atoms with Crippen LogP contribution in [0, 0.1) is 37.0 Å². The van der Waals surface area contributed by atoms with Crippen molar-refractivity contribution in [1.29, 1.82) is 0 Å². The molecule has 2 N–H and O–H groups in total. The third-order valence-electron chi connectivity index (χ3n) is 11.7. The van der Waals surface area contributed by atoms with E-state index in [4.69, 9.17) is 15.0 Å². The summed E-state index contributed by atoms with van der Waals surface area (Å²) in [7, 11) is 0. The van der Waals surface area contributed by atoms with E-state index in [0.29, 0.717) is 5.41 Å². The SMILES string of the molecule is Cc1ccc(C)c2c(-c3nc4c5cccnc5c5ncccc5c4[nH]3)c(C34CC5CC6CC(C3)[C@]4(C6)C5)[nH]c12. The summed E-state index contributed by atoms with van der Waals surface area (Å²) >= 11 is 0. The Morgan fingerprint density at radius 2 is 1.51 bits per heavy atom. The number of aromatic nitrogens is 5. The van der Waals surface area contributed by atoms with Crippen molar-refractivity contribution in [3.63, 3.8) is 0 Å². The highest BCUT2D eigenvalue weighted by molar-refractivity contribution is 6.21. The minimum absolute atomic E-state index is 0.257. The Morgan fingerprint density at radius 3 is 2.38 bits per heavy atom. The molecule has 5 nitrogen and oxygen atoms in total. The summed E-state index contributed by atoms with van der Waals surface area (Å²) in [5.41, 5.74) is 11.4. The second-order valence-electron chi connectivity index (χ2n) is 13.4. The number of H-pyrrole nitrogens is 2. The fourth-order valence-corrected chi connectivity index (χ4v) is 10.5. The molecule has 4 saturated carbocycles. The molecule has 192 valence electrons. The summed E-state index contributed by atoms with van der Waals surface area (Å²) in [5.74, 6) is 3.75. The van der Waals surface area contributed by atoms with Crippen LogP contribution in [0.1, 0.15) is 55.3 Å². The first-order chi connectivity index (χ1) is 19.1. The third kappa shape index (κ3) is 2.31. The number of hydrogen-bond donors (Lipinski definition) is 2. The van der Waals surface area contributed by atoms with E-state index >= 15 is 0 Å². The van der Waals surface area contributed by atoms with Gasteiger partial charge in [0.15, 0.2) is 0 Å². The van der Waals surface area contributed by atoms with Gasteiger partial charge in [0, 0.05) is 50.7 Å². The van der Waals surface area contributed by atoms with E-state index in [2.05, 4.69) is 48.1 Å². The van der Waals surface area contributed by atoms with Crippen molar-refractivity contribution < 1.29 is 0 Å². The molecule has 4 heterocycles. The normalized spacial score (nSPS) is 30.7. The van der Waals surface area contributed by atoms with Crippen LogP contribution in [0.3, 0.4) is 0 Å². The van der Waals surface area contributed by atoms with Gasteiger partial charge in [0.25, 0.3) is 0 Å². The van der Waals surface area contributed by atoms with E-state index in [0.717, 1.165) is 56.4 Å². The lowest BCUT2D eigenvalue weighted by Gasteiger charge is -2.59. The molecule has 2 aromatic carbocycles. The van der Waals surface area contributed by atoms with Gasteiger partial charge in [-0.25, -0.2) is 4.98 Å². The van der Waals surface area contributed by atoms with Gasteiger partial charge in [-0.15, -0.1) is 0 Å². The maximum Gasteiger partial charge on any atom is 0.141 e. The summed E-state index contributed by atoms with van der Waals surface area (Å²) in [4.78, 5) is 22.9. The second-order valence-corrected chi connectivity index (χ2v) is 13.4. The molecule has 3 bridgehead atoms. The zero-order valence-corrected chi connectivity index (χ0v) is 22.4. The Bertz CT molecular complexity index is 1970. The van der Waals surface area contributed by atoms with Crippen LogP contribution in [0.5, 0.6) is 0 Å². The van der Waals surface area contributed by atoms with E-state index < -0.39 is 0 Å². The predicted octanol–water partition coefficient (Wildman–Crippen LogP) is 7.89. The van der Waals surface area contributed by atoms with Gasteiger partial charge in [-0.1, -0.05) is 12.1 Å². The molecule has 5 atom stereocenters. The molecule has 4 unspecified atom stereocenters. The quantitative estimate of drug-likeness (QED) is 0.233. The molecule has 0 saturated heterocycles. The zero-order valence-electron chi connectivity index (χ0n) is 22.4. The summed E-state index contributed by atoms with van der Waals surface area (Å²) in [6.07, 6.45) is 12.2. The average molecular weight is 510 g/mol. The van der Waals surface area contributed by atoms with Crippen molar-refractivity contribution in [3.8, 4) is 11.4 Å². The van der Waals surface area contributed by atoms with Crippen LogP contribution in [0.25, 0.3) is 55.1 Å². The number of imidazole rings is 1. The number of benzene rings is 2. The van der Waals surface area contributed by atoms with Crippen molar-refractivity contribution in [2.75, 3.05) is 0 Å². The number of rotatable bonds is 2. The Morgan fingerprint density at radius 1 is 0.744 bits per heavy atom. The van der Waals surface area contributed by atoms with E-state index in [1.165, 1.54) is 71.8 Å². The lowest BCUT2D eigenvalue weighted by Crippen LogP contribution is -2.55. The number of nitrogens with zero attached hydrogens (tertiary/aromatic N) is 3. The molecule has 10 rings (SSSR count). The van der Waals surface area contributed by atoms with Gasteiger partial charge in [-0.3, -0.25) is 9.97 Å². The number of pyridine rings is 2. The number of aryl methyl sites for hydroxylation is 2. The number of aromatic amines is 2. The van der Waals surface area contributed by atoms with E-state index in [9.17, 15) is 0 Å². The number of nitrogens with one attached hydrogen (secondary N) is 2. The first-order valence-corrected chi connectivity index (χ1v) is 14.7. The highest BCUT2D eigenvalue weighted by atomic mass is 15.0. The molecule has 39 heavy (non-hydrogen) atoms. The van der Waals surface area contributed by atoms with Crippen LogP contribution in [0.2, 0.25) is 0 Å². The maximum atomic E-state index is 5.44. The zero-order chi connectivity index (χ0) is 25.7. The Labute approximate surface area is 226 Å². The monoisotopic (exact) mass is 509 g/mol. The third-order valence-corrected chi connectivity index (χ3v) is 11.7. The van der Waals surface area contributed by atoms with Crippen LogP contribution in [-0.2, 0) is 5.41 Å². The van der Waals surface area contributed by atoms with Gasteiger partial charge >= 0.3 is 0 Å². The Balaban J connectivity index is 1.33. The van der Waals surface area contributed by atoms with Crippen LogP contribution in [0.15, 0.2) is 48.8 Å². The van der Waals surface area contributed by atoms with Crippen molar-refractivity contribution in [1.82, 2.24) is 24.9 Å². The molecule has 5 heteroatoms. The average Bonchev–Trinajstić information content (AvgIpc) is 3.65. The van der Waals surface area contributed by atoms with Gasteiger partial charge in [0.05, 0.1) is 22.1 Å². The van der Waals surface area contributed by atoms with Gasteiger partial charge in [0.1, 0.15) is 5.82 Å². The first-order valence-electron chi connectivity index (χ1n) is 14.7. The molecular weight excluding hydrogens is 478 g/mol. The van der Waals surface area contributed by atoms with Gasteiger partial charge in [-0.2, -0.15) is 0 Å². The first kappa shape index (κ1) is 21.1. The highest BCUT2D eigenvalue weighted by Crippen LogP contribution is 2.81. The standard InChI is InChI=1S/C34H31N5/c1-17-7-8-18(2)26-24(17)25(31(37-26)34-15-20-11-19-12-21(16-34)33(34,13-19)14-20)32-38-29-22-5-3-9-35-27(22)28-23(30(29)39-32)6-4-10-36-28/h3-10,19-21,37H,11-16H2,1-2H3,(H,38,39)/t19?,20?,21?,33-,34?/m0/s1. The highest BCUT2D eigenvalue weighted by Gasteiger charge is 2.75. The summed E-state index contributed by atoms with van der Waals surface area (Å²) in [5, 5.41) is 3.49. The topological polar surface area (TPSA) is 70.2 Å². The van der Waals surface area contributed by atoms with Gasteiger partial charge in [-0.05, 0) is 111 Å². The molecule has 4 aromatic heterocycles. The second kappa shape index (κ2) is 6.70. The lowest BCUT2D eigenvalue weighted by atomic mass is 9.45. The van der Waals surface area contributed by atoms with Crippen LogP contribution in [0.4, 0.5) is 0 Å². The number of fused-ring (bicyclic) bond motifs is 9. The molecule has 0 amide bonds. The van der Waals surface area contributed by atoms with Crippen molar-refractivity contribution >= 4 is 43.7 Å². The van der Waals surface area contributed by atoms with E-state index in [1.807, 2.05) is 24.5 Å². The molecular formula is C34H31N5. The summed E-state index contributed by atoms with van der Waals surface area (Å²) in [6.45, 7) is 4.52. The molecule has 4 fully saturated rings. The van der Waals surface area contributed by atoms with Gasteiger partial charge < -0.3 is 9.97 Å². The fourth-order valence-electron chi connectivity index (χ4n) is 10.5. The molecule has 4 aliphatic rings. The minimum Gasteiger partial charge on any atom is -0.357 e. The van der Waals surface area contributed by atoms with Crippen LogP contribution >= 0.6 is 0 Å². The number of hydrogen-bond acceptors (Lipinski definition) is 3. The predicted molar refractivity (Wildman–Crippen MR) is 156 cm³/mol. The Hall–Kier alpha value is -3.73.